The van der Waals surface area contributed by atoms with Gasteiger partial charge in [-0.25, -0.2) is 0 Å². The number of carbonyl (C=O) groups is 1. The molecule has 23 heavy (non-hydrogen) atoms. The molecule has 0 fully saturated rings. The van der Waals surface area contributed by atoms with E-state index in [2.05, 4.69) is 5.32 Å². The molecule has 0 aliphatic carbocycles. The normalized spacial score (nSPS) is 10.2. The van der Waals surface area contributed by atoms with Crippen LogP contribution >= 0.6 is 0 Å². The minimum Gasteiger partial charge on any atom is -0.477 e. The molecule has 1 amide bonds. The van der Waals surface area contributed by atoms with Crippen LogP contribution in [0.4, 0.5) is 11.4 Å². The summed E-state index contributed by atoms with van der Waals surface area (Å²) in [5.41, 5.74) is 3.23. The summed E-state index contributed by atoms with van der Waals surface area (Å²) in [7, 11) is 0. The Morgan fingerprint density at radius 2 is 1.83 bits per heavy atom. The predicted molar refractivity (Wildman–Crippen MR) is 87.9 cm³/mol. The molecule has 0 aliphatic heterocycles. The number of rotatable bonds is 5. The molecular weight excluding hydrogens is 296 g/mol. The second-order valence-corrected chi connectivity index (χ2v) is 5.33. The van der Waals surface area contributed by atoms with Crippen LogP contribution in [-0.2, 0) is 4.79 Å². The molecule has 0 aliphatic rings. The lowest BCUT2D eigenvalue weighted by Gasteiger charge is -2.12. The lowest BCUT2D eigenvalue weighted by Crippen LogP contribution is -2.21. The first-order chi connectivity index (χ1) is 10.9. The van der Waals surface area contributed by atoms with E-state index in [1.807, 2.05) is 32.0 Å². The van der Waals surface area contributed by atoms with Crippen LogP contribution in [0.5, 0.6) is 5.75 Å². The Hall–Kier alpha value is -2.89. The maximum atomic E-state index is 12.0. The topological polar surface area (TPSA) is 81.5 Å². The molecule has 0 heterocycles. The molecule has 0 saturated carbocycles. The van der Waals surface area contributed by atoms with Crippen LogP contribution in [0.3, 0.4) is 0 Å². The number of nitro groups is 1. The van der Waals surface area contributed by atoms with Gasteiger partial charge in [0.05, 0.1) is 4.92 Å². The predicted octanol–water partition coefficient (Wildman–Crippen LogP) is 3.54. The maximum Gasteiger partial charge on any atom is 0.311 e. The molecule has 0 saturated heterocycles. The van der Waals surface area contributed by atoms with E-state index in [0.29, 0.717) is 0 Å². The van der Waals surface area contributed by atoms with Crippen molar-refractivity contribution in [2.24, 2.45) is 0 Å². The maximum absolute atomic E-state index is 12.0. The SMILES string of the molecule is Cc1ccc(OCC(=O)Nc2c(C)cccc2C)c([N+](=O)[O-])c1. The van der Waals surface area contributed by atoms with E-state index in [9.17, 15) is 14.9 Å². The van der Waals surface area contributed by atoms with Crippen LogP contribution in [0.2, 0.25) is 0 Å². The fourth-order valence-electron chi connectivity index (χ4n) is 2.22. The third-order valence-electron chi connectivity index (χ3n) is 3.42. The fourth-order valence-corrected chi connectivity index (χ4v) is 2.22. The van der Waals surface area contributed by atoms with Crippen molar-refractivity contribution in [2.45, 2.75) is 20.8 Å². The summed E-state index contributed by atoms with van der Waals surface area (Å²) in [6.45, 7) is 5.25. The number of benzene rings is 2. The van der Waals surface area contributed by atoms with Gasteiger partial charge in [0.1, 0.15) is 0 Å². The minimum absolute atomic E-state index is 0.0808. The first-order valence-electron chi connectivity index (χ1n) is 7.12. The molecule has 0 bridgehead atoms. The summed E-state index contributed by atoms with van der Waals surface area (Å²) < 4.78 is 5.31. The van der Waals surface area contributed by atoms with Gasteiger partial charge in [0.15, 0.2) is 12.4 Å². The summed E-state index contributed by atoms with van der Waals surface area (Å²) in [4.78, 5) is 22.5. The molecule has 2 aromatic rings. The quantitative estimate of drug-likeness (QED) is 0.676. The van der Waals surface area contributed by atoms with E-state index in [4.69, 9.17) is 4.74 Å². The Bertz CT molecular complexity index is 736. The Balaban J connectivity index is 2.07. The summed E-state index contributed by atoms with van der Waals surface area (Å²) in [5.74, 6) is -0.283. The van der Waals surface area contributed by atoms with Gasteiger partial charge in [-0.2, -0.15) is 0 Å². The number of hydrogen-bond acceptors (Lipinski definition) is 4. The van der Waals surface area contributed by atoms with Gasteiger partial charge < -0.3 is 10.1 Å². The van der Waals surface area contributed by atoms with Crippen molar-refractivity contribution < 1.29 is 14.5 Å². The van der Waals surface area contributed by atoms with Crippen molar-refractivity contribution in [3.63, 3.8) is 0 Å². The molecule has 6 nitrogen and oxygen atoms in total. The van der Waals surface area contributed by atoms with E-state index in [1.54, 1.807) is 13.0 Å². The second-order valence-electron chi connectivity index (χ2n) is 5.33. The van der Waals surface area contributed by atoms with Crippen LogP contribution in [0, 0.1) is 30.9 Å². The zero-order chi connectivity index (χ0) is 17.0. The van der Waals surface area contributed by atoms with Gasteiger partial charge in [-0.1, -0.05) is 24.3 Å². The molecule has 2 aromatic carbocycles. The number of aryl methyl sites for hydroxylation is 3. The van der Waals surface area contributed by atoms with Crippen LogP contribution in [0.25, 0.3) is 0 Å². The summed E-state index contributed by atoms with van der Waals surface area (Å²) in [5, 5.41) is 13.8. The lowest BCUT2D eigenvalue weighted by atomic mass is 10.1. The number of anilines is 1. The highest BCUT2D eigenvalue weighted by atomic mass is 16.6. The Labute approximate surface area is 134 Å². The third kappa shape index (κ3) is 4.06. The van der Waals surface area contributed by atoms with E-state index in [0.717, 1.165) is 22.4 Å². The number of nitrogens with one attached hydrogen (secondary N) is 1. The van der Waals surface area contributed by atoms with Crippen molar-refractivity contribution in [1.29, 1.82) is 0 Å². The highest BCUT2D eigenvalue weighted by Crippen LogP contribution is 2.27. The van der Waals surface area contributed by atoms with Gasteiger partial charge in [0, 0.05) is 11.8 Å². The van der Waals surface area contributed by atoms with Crippen LogP contribution in [0.1, 0.15) is 16.7 Å². The van der Waals surface area contributed by atoms with Crippen LogP contribution in [0.15, 0.2) is 36.4 Å². The Kier molecular flexibility index (Phi) is 4.95. The number of hydrogen-bond donors (Lipinski definition) is 1. The number of nitrogens with zero attached hydrogens (tertiary/aromatic N) is 1. The first kappa shape index (κ1) is 16.5. The Morgan fingerprint density at radius 1 is 1.17 bits per heavy atom. The lowest BCUT2D eigenvalue weighted by molar-refractivity contribution is -0.385. The van der Waals surface area contributed by atoms with Crippen molar-refractivity contribution in [2.75, 3.05) is 11.9 Å². The average molecular weight is 314 g/mol. The molecule has 0 unspecified atom stereocenters. The van der Waals surface area contributed by atoms with Gasteiger partial charge in [-0.05, 0) is 43.5 Å². The molecule has 6 heteroatoms. The standard InChI is InChI=1S/C17H18N2O4/c1-11-7-8-15(14(9-11)19(21)22)23-10-16(20)18-17-12(2)5-4-6-13(17)3/h4-9H,10H2,1-3H3,(H,18,20). The van der Waals surface area contributed by atoms with Gasteiger partial charge >= 0.3 is 5.69 Å². The second kappa shape index (κ2) is 6.91. The minimum atomic E-state index is -0.522. The molecule has 0 spiro atoms. The number of nitro benzene ring substituents is 1. The smallest absolute Gasteiger partial charge is 0.311 e. The molecule has 0 aromatic heterocycles. The van der Waals surface area contributed by atoms with Crippen molar-refractivity contribution in [3.05, 3.63) is 63.2 Å². The molecule has 0 radical (unpaired) electrons. The fraction of sp³-hybridized carbons (Fsp3) is 0.235. The largest absolute Gasteiger partial charge is 0.477 e. The number of amides is 1. The molecule has 0 atom stereocenters. The summed E-state index contributed by atoms with van der Waals surface area (Å²) >= 11 is 0. The summed E-state index contributed by atoms with van der Waals surface area (Å²) in [6.07, 6.45) is 0. The van der Waals surface area contributed by atoms with Crippen LogP contribution in [-0.4, -0.2) is 17.4 Å². The number of para-hydroxylation sites is 1. The monoisotopic (exact) mass is 314 g/mol. The highest BCUT2D eigenvalue weighted by molar-refractivity contribution is 5.93. The van der Waals surface area contributed by atoms with Crippen molar-refractivity contribution in [3.8, 4) is 5.75 Å². The van der Waals surface area contributed by atoms with Gasteiger partial charge in [-0.3, -0.25) is 14.9 Å². The molecular formula is C17H18N2O4. The van der Waals surface area contributed by atoms with E-state index in [-0.39, 0.29) is 24.0 Å². The van der Waals surface area contributed by atoms with Gasteiger partial charge in [0.25, 0.3) is 5.91 Å². The molecule has 1 N–H and O–H groups in total. The zero-order valence-electron chi connectivity index (χ0n) is 13.3. The number of ether oxygens (including phenoxy) is 1. The zero-order valence-corrected chi connectivity index (χ0v) is 13.3. The van der Waals surface area contributed by atoms with Gasteiger partial charge in [-0.15, -0.1) is 0 Å². The van der Waals surface area contributed by atoms with Crippen molar-refractivity contribution in [1.82, 2.24) is 0 Å². The van der Waals surface area contributed by atoms with Crippen molar-refractivity contribution >= 4 is 17.3 Å². The van der Waals surface area contributed by atoms with E-state index in [1.165, 1.54) is 12.1 Å². The molecule has 2 rings (SSSR count). The Morgan fingerprint density at radius 3 is 2.43 bits per heavy atom. The first-order valence-corrected chi connectivity index (χ1v) is 7.12. The number of carbonyl (C=O) groups excluding carboxylic acids is 1. The van der Waals surface area contributed by atoms with E-state index < -0.39 is 4.92 Å². The van der Waals surface area contributed by atoms with Crippen LogP contribution < -0.4 is 10.1 Å². The third-order valence-corrected chi connectivity index (χ3v) is 3.42. The van der Waals surface area contributed by atoms with Gasteiger partial charge in [0.2, 0.25) is 0 Å². The average Bonchev–Trinajstić information content (AvgIpc) is 2.49. The summed E-state index contributed by atoms with van der Waals surface area (Å²) in [6, 6.07) is 10.3. The highest BCUT2D eigenvalue weighted by Gasteiger charge is 2.16. The molecule has 120 valence electrons. The van der Waals surface area contributed by atoms with E-state index >= 15 is 0 Å².